The van der Waals surface area contributed by atoms with E-state index in [0.29, 0.717) is 42.6 Å². The number of halogens is 1. The average Bonchev–Trinajstić information content (AvgIpc) is 2.47. The lowest BCUT2D eigenvalue weighted by Gasteiger charge is -2.31. The van der Waals surface area contributed by atoms with E-state index in [0.717, 1.165) is 6.42 Å². The molecule has 2 aliphatic rings. The second kappa shape index (κ2) is 5.99. The second-order valence-electron chi connectivity index (χ2n) is 4.76. The lowest BCUT2D eigenvalue weighted by atomic mass is 10.2. The third-order valence-electron chi connectivity index (χ3n) is 3.35. The summed E-state index contributed by atoms with van der Waals surface area (Å²) in [5.74, 6) is 0.607. The Bertz CT molecular complexity index is 502. The third-order valence-corrected chi connectivity index (χ3v) is 3.58. The highest BCUT2D eigenvalue weighted by Crippen LogP contribution is 2.34. The predicted octanol–water partition coefficient (Wildman–Crippen LogP) is 2.22. The second-order valence-corrected chi connectivity index (χ2v) is 5.20. The summed E-state index contributed by atoms with van der Waals surface area (Å²) in [7, 11) is 0. The molecule has 0 atom stereocenters. The van der Waals surface area contributed by atoms with Crippen molar-refractivity contribution >= 4 is 23.2 Å². The number of rotatable bonds is 3. The molecule has 0 aromatic heterocycles. The molecule has 0 N–H and O–H groups in total. The molecule has 6 heteroatoms. The van der Waals surface area contributed by atoms with Gasteiger partial charge in [0.25, 0.3) is 5.91 Å². The molecule has 1 aromatic rings. The summed E-state index contributed by atoms with van der Waals surface area (Å²) in [5, 5.41) is 0.581. The van der Waals surface area contributed by atoms with Crippen LogP contribution >= 0.6 is 11.6 Å². The van der Waals surface area contributed by atoms with Gasteiger partial charge in [0, 0.05) is 18.0 Å². The van der Waals surface area contributed by atoms with Gasteiger partial charge in [0.05, 0.1) is 18.9 Å². The van der Waals surface area contributed by atoms with Crippen molar-refractivity contribution in [3.8, 4) is 5.75 Å². The number of hydrogen-bond donors (Lipinski definition) is 0. The maximum atomic E-state index is 12.0. The van der Waals surface area contributed by atoms with E-state index >= 15 is 0 Å². The van der Waals surface area contributed by atoms with Gasteiger partial charge in [-0.05, 0) is 24.6 Å². The first kappa shape index (κ1) is 13.7. The van der Waals surface area contributed by atoms with Crippen molar-refractivity contribution in [3.05, 3.63) is 23.2 Å². The van der Waals surface area contributed by atoms with E-state index in [-0.39, 0.29) is 18.8 Å². The molecule has 0 saturated carbocycles. The van der Waals surface area contributed by atoms with Crippen LogP contribution in [-0.2, 0) is 14.3 Å². The molecular weight excluding hydrogens is 282 g/mol. The number of anilines is 1. The molecule has 108 valence electrons. The van der Waals surface area contributed by atoms with Gasteiger partial charge in [-0.1, -0.05) is 11.6 Å². The van der Waals surface area contributed by atoms with Crippen molar-refractivity contribution in [1.82, 2.24) is 0 Å². The van der Waals surface area contributed by atoms with Gasteiger partial charge in [-0.25, -0.2) is 0 Å². The van der Waals surface area contributed by atoms with E-state index in [1.807, 2.05) is 0 Å². The van der Waals surface area contributed by atoms with Crippen LogP contribution in [0.4, 0.5) is 5.69 Å². The van der Waals surface area contributed by atoms with Crippen LogP contribution in [0, 0.1) is 0 Å². The van der Waals surface area contributed by atoms with Crippen LogP contribution in [-0.4, -0.2) is 38.6 Å². The van der Waals surface area contributed by atoms with Crippen molar-refractivity contribution in [1.29, 1.82) is 0 Å². The minimum atomic E-state index is -0.234. The van der Waals surface area contributed by atoms with Crippen LogP contribution in [0.25, 0.3) is 0 Å². The molecule has 0 aliphatic carbocycles. The summed E-state index contributed by atoms with van der Waals surface area (Å²) in [4.78, 5) is 13.7. The van der Waals surface area contributed by atoms with Crippen LogP contribution < -0.4 is 9.64 Å². The summed E-state index contributed by atoms with van der Waals surface area (Å²) >= 11 is 6.00. The van der Waals surface area contributed by atoms with Gasteiger partial charge in [-0.15, -0.1) is 0 Å². The molecule has 3 rings (SSSR count). The van der Waals surface area contributed by atoms with Gasteiger partial charge >= 0.3 is 0 Å². The van der Waals surface area contributed by atoms with Gasteiger partial charge < -0.3 is 19.1 Å². The number of carbonyl (C=O) groups is 1. The molecule has 2 aliphatic heterocycles. The van der Waals surface area contributed by atoms with Gasteiger partial charge in [0.15, 0.2) is 12.9 Å². The normalized spacial score (nSPS) is 19.6. The van der Waals surface area contributed by atoms with Crippen LogP contribution in [0.15, 0.2) is 18.2 Å². The van der Waals surface area contributed by atoms with Crippen molar-refractivity contribution in [2.24, 2.45) is 0 Å². The topological polar surface area (TPSA) is 48.0 Å². The van der Waals surface area contributed by atoms with Gasteiger partial charge in [0.2, 0.25) is 0 Å². The molecule has 20 heavy (non-hydrogen) atoms. The van der Waals surface area contributed by atoms with E-state index in [1.54, 1.807) is 23.1 Å². The third kappa shape index (κ3) is 2.90. The Kier molecular flexibility index (Phi) is 4.10. The Balaban J connectivity index is 1.71. The standard InChI is InChI=1S/C14H16ClNO4/c15-10-2-3-12-11(8-10)16(13(17)9-20-12)5-4-14-18-6-1-7-19-14/h2-3,8,14H,1,4-7,9H2. The van der Waals surface area contributed by atoms with E-state index in [4.69, 9.17) is 25.8 Å². The Labute approximate surface area is 122 Å². The lowest BCUT2D eigenvalue weighted by Crippen LogP contribution is -2.41. The fraction of sp³-hybridized carbons (Fsp3) is 0.500. The minimum Gasteiger partial charge on any atom is -0.482 e. The van der Waals surface area contributed by atoms with E-state index in [1.165, 1.54) is 0 Å². The van der Waals surface area contributed by atoms with Crippen LogP contribution in [0.1, 0.15) is 12.8 Å². The zero-order valence-corrected chi connectivity index (χ0v) is 11.8. The molecule has 0 bridgehead atoms. The first-order valence-electron chi connectivity index (χ1n) is 6.70. The molecule has 2 heterocycles. The monoisotopic (exact) mass is 297 g/mol. The number of benzene rings is 1. The smallest absolute Gasteiger partial charge is 0.265 e. The van der Waals surface area contributed by atoms with Crippen LogP contribution in [0.3, 0.4) is 0 Å². The molecule has 1 saturated heterocycles. The van der Waals surface area contributed by atoms with E-state index < -0.39 is 0 Å². The molecule has 5 nitrogen and oxygen atoms in total. The molecule has 0 unspecified atom stereocenters. The Morgan fingerprint density at radius 1 is 1.30 bits per heavy atom. The maximum Gasteiger partial charge on any atom is 0.265 e. The zero-order chi connectivity index (χ0) is 13.9. The molecule has 0 radical (unpaired) electrons. The molecule has 1 fully saturated rings. The molecule has 1 aromatic carbocycles. The number of fused-ring (bicyclic) bond motifs is 1. The quantitative estimate of drug-likeness (QED) is 0.858. The van der Waals surface area contributed by atoms with Crippen molar-refractivity contribution < 1.29 is 19.0 Å². The van der Waals surface area contributed by atoms with E-state index in [9.17, 15) is 4.79 Å². The zero-order valence-electron chi connectivity index (χ0n) is 11.0. The summed E-state index contributed by atoms with van der Waals surface area (Å²) < 4.78 is 16.4. The summed E-state index contributed by atoms with van der Waals surface area (Å²) in [5.41, 5.74) is 0.713. The summed E-state index contributed by atoms with van der Waals surface area (Å²) in [6, 6.07) is 5.28. The number of nitrogens with zero attached hydrogens (tertiary/aromatic N) is 1. The number of amides is 1. The van der Waals surface area contributed by atoms with Gasteiger partial charge in [0.1, 0.15) is 5.75 Å². The summed E-state index contributed by atoms with van der Waals surface area (Å²) in [6.07, 6.45) is 1.32. The van der Waals surface area contributed by atoms with Crippen molar-refractivity contribution in [2.45, 2.75) is 19.1 Å². The highest BCUT2D eigenvalue weighted by atomic mass is 35.5. The predicted molar refractivity (Wildman–Crippen MR) is 74.2 cm³/mol. The Morgan fingerprint density at radius 3 is 2.90 bits per heavy atom. The summed E-state index contributed by atoms with van der Waals surface area (Å²) in [6.45, 7) is 2.01. The molecular formula is C14H16ClNO4. The molecule has 0 spiro atoms. The molecule has 1 amide bonds. The number of hydrogen-bond acceptors (Lipinski definition) is 4. The van der Waals surface area contributed by atoms with Crippen LogP contribution in [0.5, 0.6) is 5.75 Å². The van der Waals surface area contributed by atoms with Crippen LogP contribution in [0.2, 0.25) is 5.02 Å². The Hall–Kier alpha value is -1.30. The van der Waals surface area contributed by atoms with Crippen molar-refractivity contribution in [2.75, 3.05) is 31.3 Å². The Morgan fingerprint density at radius 2 is 2.10 bits per heavy atom. The highest BCUT2D eigenvalue weighted by Gasteiger charge is 2.27. The largest absolute Gasteiger partial charge is 0.482 e. The first-order chi connectivity index (χ1) is 9.74. The van der Waals surface area contributed by atoms with Gasteiger partial charge in [-0.2, -0.15) is 0 Å². The average molecular weight is 298 g/mol. The highest BCUT2D eigenvalue weighted by molar-refractivity contribution is 6.31. The SMILES string of the molecule is O=C1COc2ccc(Cl)cc2N1CCC1OCCCO1. The maximum absolute atomic E-state index is 12.0. The van der Waals surface area contributed by atoms with Crippen molar-refractivity contribution in [3.63, 3.8) is 0 Å². The van der Waals surface area contributed by atoms with E-state index in [2.05, 4.69) is 0 Å². The van der Waals surface area contributed by atoms with Gasteiger partial charge in [-0.3, -0.25) is 4.79 Å². The first-order valence-corrected chi connectivity index (χ1v) is 7.08. The fourth-order valence-corrected chi connectivity index (χ4v) is 2.52. The minimum absolute atomic E-state index is 0.0566. The number of ether oxygens (including phenoxy) is 3. The lowest BCUT2D eigenvalue weighted by molar-refractivity contribution is -0.179. The fourth-order valence-electron chi connectivity index (χ4n) is 2.36. The number of carbonyl (C=O) groups excluding carboxylic acids is 1.